The predicted molar refractivity (Wildman–Crippen MR) is 125 cm³/mol. The van der Waals surface area contributed by atoms with Crippen molar-refractivity contribution in [2.75, 3.05) is 6.61 Å². The van der Waals surface area contributed by atoms with Gasteiger partial charge in [0, 0.05) is 27.4 Å². The van der Waals surface area contributed by atoms with Gasteiger partial charge in [0.05, 0.1) is 0 Å². The van der Waals surface area contributed by atoms with Crippen LogP contribution in [0.15, 0.2) is 57.4 Å². The predicted octanol–water partition coefficient (Wildman–Crippen LogP) is 6.01. The smallest absolute Gasteiger partial charge is 0.283 e. The number of nitrogens with zero attached hydrogens (tertiary/aromatic N) is 2. The summed E-state index contributed by atoms with van der Waals surface area (Å²) in [6, 6.07) is 14.3. The van der Waals surface area contributed by atoms with Crippen molar-refractivity contribution in [3.8, 4) is 17.4 Å². The number of ether oxygens (including phenoxy) is 1. The summed E-state index contributed by atoms with van der Waals surface area (Å²) in [6.45, 7) is -0.0305. The minimum absolute atomic E-state index is 0.0305. The highest BCUT2D eigenvalue weighted by Gasteiger charge is 2.28. The molecular formula is C24H21Cl2N3O4. The Morgan fingerprint density at radius 2 is 1.73 bits per heavy atom. The van der Waals surface area contributed by atoms with E-state index < -0.39 is 0 Å². The lowest BCUT2D eigenvalue weighted by Crippen LogP contribution is -2.39. The quantitative estimate of drug-likeness (QED) is 0.359. The van der Waals surface area contributed by atoms with Gasteiger partial charge < -0.3 is 18.9 Å². The first kappa shape index (κ1) is 21.8. The molecule has 0 aliphatic heterocycles. The molecular weight excluding hydrogens is 465 g/mol. The van der Waals surface area contributed by atoms with Gasteiger partial charge in [-0.25, -0.2) is 0 Å². The van der Waals surface area contributed by atoms with Crippen LogP contribution in [0.4, 0.5) is 0 Å². The maximum atomic E-state index is 12.2. The fourth-order valence-corrected chi connectivity index (χ4v) is 4.36. The lowest BCUT2D eigenvalue weighted by Gasteiger charge is -2.27. The van der Waals surface area contributed by atoms with Crippen LogP contribution in [0, 0.1) is 0 Å². The molecule has 1 N–H and O–H groups in total. The summed E-state index contributed by atoms with van der Waals surface area (Å²) in [7, 11) is 0. The van der Waals surface area contributed by atoms with Crippen LogP contribution in [0.3, 0.4) is 0 Å². The van der Waals surface area contributed by atoms with Gasteiger partial charge >= 0.3 is 0 Å². The Labute approximate surface area is 200 Å². The summed E-state index contributed by atoms with van der Waals surface area (Å²) < 4.78 is 17.2. The third kappa shape index (κ3) is 5.15. The molecule has 33 heavy (non-hydrogen) atoms. The van der Waals surface area contributed by atoms with E-state index in [-0.39, 0.29) is 24.5 Å². The number of amides is 1. The molecule has 7 nitrogen and oxygen atoms in total. The Balaban J connectivity index is 1.13. The van der Waals surface area contributed by atoms with Gasteiger partial charge in [0.2, 0.25) is 5.89 Å². The van der Waals surface area contributed by atoms with Crippen molar-refractivity contribution >= 4 is 40.1 Å². The molecule has 5 rings (SSSR count). The van der Waals surface area contributed by atoms with Crippen molar-refractivity contribution in [3.05, 3.63) is 64.5 Å². The fourth-order valence-electron chi connectivity index (χ4n) is 4.05. The SMILES string of the molecule is O=C(COc1ccc(Cl)cc1)NC1CCC(c2nnc(-c3cc4cc(Cl)ccc4o3)o2)CC1. The van der Waals surface area contributed by atoms with Gasteiger partial charge in [-0.1, -0.05) is 23.2 Å². The van der Waals surface area contributed by atoms with E-state index in [9.17, 15) is 4.79 Å². The third-order valence-corrected chi connectivity index (χ3v) is 6.24. The number of nitrogens with one attached hydrogen (secondary N) is 1. The van der Waals surface area contributed by atoms with Gasteiger partial charge in [0.25, 0.3) is 11.8 Å². The van der Waals surface area contributed by atoms with Crippen LogP contribution in [-0.4, -0.2) is 28.8 Å². The Bertz CT molecular complexity index is 1260. The number of fused-ring (bicyclic) bond motifs is 1. The lowest BCUT2D eigenvalue weighted by atomic mass is 9.86. The molecule has 1 fully saturated rings. The number of hydrogen-bond acceptors (Lipinski definition) is 6. The zero-order chi connectivity index (χ0) is 22.8. The zero-order valence-electron chi connectivity index (χ0n) is 17.6. The van der Waals surface area contributed by atoms with E-state index in [1.165, 1.54) is 0 Å². The van der Waals surface area contributed by atoms with Gasteiger partial charge in [0.1, 0.15) is 11.3 Å². The Morgan fingerprint density at radius 3 is 2.52 bits per heavy atom. The second kappa shape index (κ2) is 9.45. The highest BCUT2D eigenvalue weighted by atomic mass is 35.5. The molecule has 4 aromatic rings. The largest absolute Gasteiger partial charge is 0.484 e. The third-order valence-electron chi connectivity index (χ3n) is 5.75. The van der Waals surface area contributed by atoms with E-state index in [1.54, 1.807) is 30.3 Å². The summed E-state index contributed by atoms with van der Waals surface area (Å²) in [4.78, 5) is 12.2. The van der Waals surface area contributed by atoms with Crippen molar-refractivity contribution in [1.82, 2.24) is 15.5 Å². The molecule has 0 atom stereocenters. The number of benzene rings is 2. The van der Waals surface area contributed by atoms with Crippen molar-refractivity contribution in [1.29, 1.82) is 0 Å². The Morgan fingerprint density at radius 1 is 0.970 bits per heavy atom. The van der Waals surface area contributed by atoms with Gasteiger partial charge in [-0.2, -0.15) is 0 Å². The van der Waals surface area contributed by atoms with Crippen molar-refractivity contribution in [2.45, 2.75) is 37.6 Å². The van der Waals surface area contributed by atoms with Crippen LogP contribution >= 0.6 is 23.2 Å². The Kier molecular flexibility index (Phi) is 6.24. The van der Waals surface area contributed by atoms with E-state index in [0.717, 1.165) is 31.1 Å². The van der Waals surface area contributed by atoms with Crippen LogP contribution < -0.4 is 10.1 Å². The number of carbonyl (C=O) groups is 1. The van der Waals surface area contributed by atoms with Gasteiger partial charge in [0.15, 0.2) is 12.4 Å². The van der Waals surface area contributed by atoms with Crippen LogP contribution in [0.2, 0.25) is 10.0 Å². The monoisotopic (exact) mass is 485 g/mol. The molecule has 1 amide bonds. The molecule has 0 unspecified atom stereocenters. The summed E-state index contributed by atoms with van der Waals surface area (Å²) in [5.74, 6) is 2.10. The molecule has 9 heteroatoms. The highest BCUT2D eigenvalue weighted by molar-refractivity contribution is 6.31. The molecule has 0 spiro atoms. The number of aromatic nitrogens is 2. The zero-order valence-corrected chi connectivity index (χ0v) is 19.1. The Hall–Kier alpha value is -3.03. The second-order valence-corrected chi connectivity index (χ2v) is 8.97. The minimum atomic E-state index is -0.140. The molecule has 2 aromatic carbocycles. The van der Waals surface area contributed by atoms with E-state index in [0.29, 0.717) is 38.9 Å². The molecule has 0 bridgehead atoms. The summed E-state index contributed by atoms with van der Waals surface area (Å²) in [5.41, 5.74) is 0.713. The number of furan rings is 1. The first-order valence-corrected chi connectivity index (χ1v) is 11.5. The first-order chi connectivity index (χ1) is 16.0. The summed E-state index contributed by atoms with van der Waals surface area (Å²) >= 11 is 11.9. The summed E-state index contributed by atoms with van der Waals surface area (Å²) in [5, 5.41) is 13.6. The molecule has 1 aliphatic rings. The van der Waals surface area contributed by atoms with Crippen LogP contribution in [0.1, 0.15) is 37.5 Å². The van der Waals surface area contributed by atoms with Crippen LogP contribution in [0.5, 0.6) is 5.75 Å². The van der Waals surface area contributed by atoms with Gasteiger partial charge in [-0.05, 0) is 74.2 Å². The van der Waals surface area contributed by atoms with Crippen LogP contribution in [-0.2, 0) is 4.79 Å². The maximum Gasteiger partial charge on any atom is 0.283 e. The van der Waals surface area contributed by atoms with Crippen molar-refractivity contribution < 1.29 is 18.4 Å². The normalized spacial score (nSPS) is 18.4. The van der Waals surface area contributed by atoms with Crippen molar-refractivity contribution in [2.24, 2.45) is 0 Å². The molecule has 1 aliphatic carbocycles. The maximum absolute atomic E-state index is 12.2. The number of hydrogen-bond donors (Lipinski definition) is 1. The number of halogens is 2. The van der Waals surface area contributed by atoms with E-state index in [4.69, 9.17) is 36.8 Å². The van der Waals surface area contributed by atoms with E-state index >= 15 is 0 Å². The lowest BCUT2D eigenvalue weighted by molar-refractivity contribution is -0.124. The average molecular weight is 486 g/mol. The minimum Gasteiger partial charge on any atom is -0.484 e. The highest BCUT2D eigenvalue weighted by Crippen LogP contribution is 2.35. The second-order valence-electron chi connectivity index (χ2n) is 8.10. The number of rotatable bonds is 6. The van der Waals surface area contributed by atoms with Gasteiger partial charge in [-0.15, -0.1) is 10.2 Å². The van der Waals surface area contributed by atoms with E-state index in [2.05, 4.69) is 15.5 Å². The standard InChI is InChI=1S/C24H21Cl2N3O4/c25-16-3-8-19(9-4-16)31-13-22(30)27-18-6-1-14(2-7-18)23-28-29-24(33-23)21-12-15-11-17(26)5-10-20(15)32-21/h3-5,8-12,14,18H,1-2,6-7,13H2,(H,27,30). The first-order valence-electron chi connectivity index (χ1n) is 10.7. The van der Waals surface area contributed by atoms with Crippen molar-refractivity contribution in [3.63, 3.8) is 0 Å². The topological polar surface area (TPSA) is 90.4 Å². The van der Waals surface area contributed by atoms with Gasteiger partial charge in [-0.3, -0.25) is 4.79 Å². The van der Waals surface area contributed by atoms with E-state index in [1.807, 2.05) is 18.2 Å². The van der Waals surface area contributed by atoms with Crippen LogP contribution in [0.25, 0.3) is 22.6 Å². The summed E-state index contributed by atoms with van der Waals surface area (Å²) in [6.07, 6.45) is 3.36. The molecule has 1 saturated carbocycles. The molecule has 0 radical (unpaired) electrons. The molecule has 2 heterocycles. The number of carbonyl (C=O) groups excluding carboxylic acids is 1. The molecule has 0 saturated heterocycles. The fraction of sp³-hybridized carbons (Fsp3) is 0.292. The molecule has 2 aromatic heterocycles. The molecule has 170 valence electrons. The average Bonchev–Trinajstić information content (AvgIpc) is 3.46.